The summed E-state index contributed by atoms with van der Waals surface area (Å²) in [5, 5.41) is 13.4. The molecule has 14 nitrogen and oxygen atoms in total. The van der Waals surface area contributed by atoms with Gasteiger partial charge in [0.2, 0.25) is 0 Å². The van der Waals surface area contributed by atoms with Gasteiger partial charge in [0.1, 0.15) is 5.75 Å². The average Bonchev–Trinajstić information content (AvgIpc) is 3.41. The van der Waals surface area contributed by atoms with E-state index in [1.807, 2.05) is 0 Å². The monoisotopic (exact) mass is 765 g/mol. The van der Waals surface area contributed by atoms with Gasteiger partial charge < -0.3 is 14.6 Å². The van der Waals surface area contributed by atoms with Crippen molar-refractivity contribution >= 4 is 56.1 Å². The van der Waals surface area contributed by atoms with Crippen LogP contribution in [0.3, 0.4) is 0 Å². The SMILES string of the molecule is CCOC(=O)N(c1cccc(C(=O)c2ccccc2)c1)S(=O)(=O)C(F)(F)F.COc1ccc2c(c1)c(CC(=O)O)c(C)n2C(=O)c1ccc(N=[N+]=[N-])cc1. The molecule has 5 aromatic rings. The molecule has 280 valence electrons. The van der Waals surface area contributed by atoms with Gasteiger partial charge in [0, 0.05) is 38.4 Å². The summed E-state index contributed by atoms with van der Waals surface area (Å²) in [7, 11) is -4.55. The predicted octanol–water partition coefficient (Wildman–Crippen LogP) is 7.95. The number of fused-ring (bicyclic) bond motifs is 1. The largest absolute Gasteiger partial charge is 0.517 e. The first-order chi connectivity index (χ1) is 25.5. The number of carboxylic acid groups (broad SMARTS) is 1. The number of carboxylic acids is 1. The van der Waals surface area contributed by atoms with Crippen molar-refractivity contribution in [1.82, 2.24) is 4.57 Å². The molecule has 1 heterocycles. The van der Waals surface area contributed by atoms with Crippen molar-refractivity contribution in [3.05, 3.63) is 135 Å². The second-order valence-corrected chi connectivity index (χ2v) is 12.8. The maximum Gasteiger partial charge on any atom is 0.517 e. The molecule has 5 rings (SSSR count). The Morgan fingerprint density at radius 2 is 1.56 bits per heavy atom. The number of carbonyl (C=O) groups is 4. The van der Waals surface area contributed by atoms with Gasteiger partial charge >= 0.3 is 27.6 Å². The fourth-order valence-electron chi connectivity index (χ4n) is 5.23. The number of ketones is 1. The topological polar surface area (TPSA) is 198 Å². The standard InChI is InChI=1S/C19H16N4O4.C17H14F3NO5S/c1-11-15(10-18(24)25)16-9-14(27-2)7-8-17(16)23(11)19(26)12-3-5-13(6-4-12)21-22-20;1-2-26-16(23)21(27(24,25)17(18,19)20)14-10-6-9-13(11-14)15(22)12-7-4-3-5-8-12/h3-9H,10H2,1-2H3,(H,24,25);3-11H,2H2,1H3. The van der Waals surface area contributed by atoms with E-state index in [0.717, 1.165) is 12.1 Å². The molecule has 54 heavy (non-hydrogen) atoms. The molecule has 1 aromatic heterocycles. The number of benzene rings is 4. The molecule has 0 saturated carbocycles. The van der Waals surface area contributed by atoms with Gasteiger partial charge in [-0.1, -0.05) is 59.7 Å². The molecule has 0 atom stereocenters. The number of amides is 1. The first-order valence-corrected chi connectivity index (χ1v) is 17.1. The molecule has 0 bridgehead atoms. The van der Waals surface area contributed by atoms with Gasteiger partial charge in [0.05, 0.1) is 31.3 Å². The Morgan fingerprint density at radius 3 is 2.13 bits per heavy atom. The maximum absolute atomic E-state index is 13.1. The number of rotatable bonds is 10. The lowest BCUT2D eigenvalue weighted by Crippen LogP contribution is -2.45. The Balaban J connectivity index is 0.000000241. The maximum atomic E-state index is 13.1. The van der Waals surface area contributed by atoms with Crippen LogP contribution in [0.4, 0.5) is 29.3 Å². The van der Waals surface area contributed by atoms with Crippen LogP contribution >= 0.6 is 0 Å². The van der Waals surface area contributed by atoms with E-state index in [1.165, 1.54) is 42.9 Å². The molecule has 0 aliphatic rings. The lowest BCUT2D eigenvalue weighted by atomic mass is 10.0. The van der Waals surface area contributed by atoms with Crippen LogP contribution in [0, 0.1) is 6.92 Å². The lowest BCUT2D eigenvalue weighted by molar-refractivity contribution is -0.136. The van der Waals surface area contributed by atoms with Gasteiger partial charge in [-0.2, -0.15) is 25.9 Å². The van der Waals surface area contributed by atoms with Crippen LogP contribution in [0.1, 0.15) is 44.5 Å². The molecule has 0 fully saturated rings. The summed E-state index contributed by atoms with van der Waals surface area (Å²) in [4.78, 5) is 51.5. The van der Waals surface area contributed by atoms with Gasteiger partial charge in [0.15, 0.2) is 5.78 Å². The number of carbonyl (C=O) groups excluding carboxylic acids is 3. The summed E-state index contributed by atoms with van der Waals surface area (Å²) in [5.74, 6) is -1.25. The second-order valence-electron chi connectivity index (χ2n) is 11.1. The highest BCUT2D eigenvalue weighted by Gasteiger charge is 2.53. The van der Waals surface area contributed by atoms with E-state index in [1.54, 1.807) is 67.6 Å². The Hall–Kier alpha value is -6.65. The normalized spacial score (nSPS) is 11.1. The Labute approximate surface area is 305 Å². The van der Waals surface area contributed by atoms with Crippen molar-refractivity contribution in [3.63, 3.8) is 0 Å². The third-order valence-corrected chi connectivity index (χ3v) is 9.12. The van der Waals surface area contributed by atoms with Crippen molar-refractivity contribution < 1.29 is 55.3 Å². The van der Waals surface area contributed by atoms with Gasteiger partial charge in [-0.05, 0) is 67.4 Å². The summed E-state index contributed by atoms with van der Waals surface area (Å²) in [6.45, 7) is 2.69. The molecule has 0 aliphatic heterocycles. The van der Waals surface area contributed by atoms with E-state index in [0.29, 0.717) is 39.2 Å². The van der Waals surface area contributed by atoms with E-state index in [9.17, 15) is 45.9 Å². The Kier molecular flexibility index (Phi) is 12.5. The van der Waals surface area contributed by atoms with E-state index >= 15 is 0 Å². The minimum Gasteiger partial charge on any atom is -0.497 e. The molecular formula is C36H30F3N5O9S. The minimum absolute atomic E-state index is 0.0922. The number of nitrogens with zero attached hydrogens (tertiary/aromatic N) is 5. The van der Waals surface area contributed by atoms with Crippen LogP contribution in [0.25, 0.3) is 21.3 Å². The van der Waals surface area contributed by atoms with Crippen LogP contribution in [-0.2, 0) is 26.0 Å². The lowest BCUT2D eigenvalue weighted by Gasteiger charge is -2.23. The number of sulfonamides is 1. The van der Waals surface area contributed by atoms with Gasteiger partial charge in [-0.25, -0.2) is 4.79 Å². The second kappa shape index (κ2) is 16.8. The van der Waals surface area contributed by atoms with Crippen LogP contribution in [-0.4, -0.2) is 61.1 Å². The van der Waals surface area contributed by atoms with E-state index < -0.39 is 43.4 Å². The Bertz CT molecular complexity index is 2370. The van der Waals surface area contributed by atoms with E-state index in [2.05, 4.69) is 14.8 Å². The van der Waals surface area contributed by atoms with Crippen molar-refractivity contribution in [3.8, 4) is 5.75 Å². The van der Waals surface area contributed by atoms with Crippen LogP contribution in [0.15, 0.2) is 102 Å². The highest BCUT2D eigenvalue weighted by Crippen LogP contribution is 2.33. The number of halogens is 3. The Morgan fingerprint density at radius 1 is 0.907 bits per heavy atom. The van der Waals surface area contributed by atoms with Crippen molar-refractivity contribution in [2.24, 2.45) is 5.11 Å². The number of anilines is 1. The number of azide groups is 1. The molecular weight excluding hydrogens is 735 g/mol. The van der Waals surface area contributed by atoms with Crippen LogP contribution < -0.4 is 9.04 Å². The number of ether oxygens (including phenoxy) is 2. The molecule has 0 saturated heterocycles. The summed E-state index contributed by atoms with van der Waals surface area (Å²) >= 11 is 0. The molecule has 4 aromatic carbocycles. The van der Waals surface area contributed by atoms with Gasteiger partial charge in [-0.3, -0.25) is 19.0 Å². The first-order valence-electron chi connectivity index (χ1n) is 15.6. The van der Waals surface area contributed by atoms with Crippen LogP contribution in [0.5, 0.6) is 5.75 Å². The van der Waals surface area contributed by atoms with E-state index in [-0.39, 0.29) is 30.1 Å². The average molecular weight is 766 g/mol. The van der Waals surface area contributed by atoms with E-state index in [4.69, 9.17) is 10.3 Å². The number of aromatic nitrogens is 1. The zero-order chi connectivity index (χ0) is 39.8. The smallest absolute Gasteiger partial charge is 0.497 e. The molecule has 0 unspecified atom stereocenters. The van der Waals surface area contributed by atoms with Gasteiger partial charge in [-0.15, -0.1) is 0 Å². The highest BCUT2D eigenvalue weighted by atomic mass is 32.2. The predicted molar refractivity (Wildman–Crippen MR) is 190 cm³/mol. The molecule has 0 radical (unpaired) electrons. The number of alkyl halides is 3. The quantitative estimate of drug-likeness (QED) is 0.0634. The highest BCUT2D eigenvalue weighted by molar-refractivity contribution is 7.94. The summed E-state index contributed by atoms with van der Waals surface area (Å²) in [6, 6.07) is 23.6. The molecule has 1 N–H and O–H groups in total. The van der Waals surface area contributed by atoms with Crippen molar-refractivity contribution in [2.45, 2.75) is 25.8 Å². The number of hydrogen-bond acceptors (Lipinski definition) is 9. The third kappa shape index (κ3) is 8.68. The number of methoxy groups -OCH3 is 1. The fourth-order valence-corrected chi connectivity index (χ4v) is 6.08. The molecule has 0 aliphatic carbocycles. The number of aliphatic carboxylic acids is 1. The van der Waals surface area contributed by atoms with Crippen molar-refractivity contribution in [2.75, 3.05) is 18.0 Å². The van der Waals surface area contributed by atoms with Crippen LogP contribution in [0.2, 0.25) is 0 Å². The summed E-state index contributed by atoms with van der Waals surface area (Å²) in [5.41, 5.74) is 4.76. The molecule has 0 spiro atoms. The minimum atomic E-state index is -6.07. The molecule has 1 amide bonds. The summed E-state index contributed by atoms with van der Waals surface area (Å²) in [6.07, 6.45) is -1.93. The zero-order valence-electron chi connectivity index (χ0n) is 28.6. The summed E-state index contributed by atoms with van der Waals surface area (Å²) < 4.78 is 73.3. The van der Waals surface area contributed by atoms with Crippen molar-refractivity contribution in [1.29, 1.82) is 0 Å². The third-order valence-electron chi connectivity index (χ3n) is 7.69. The fraction of sp³-hybridized carbons (Fsp3) is 0.167. The van der Waals surface area contributed by atoms with Gasteiger partial charge in [0.25, 0.3) is 5.91 Å². The molecule has 18 heteroatoms. The zero-order valence-corrected chi connectivity index (χ0v) is 29.5. The number of hydrogen-bond donors (Lipinski definition) is 1. The first kappa shape index (κ1) is 40.1.